The summed E-state index contributed by atoms with van der Waals surface area (Å²) in [6.45, 7) is 4.31. The van der Waals surface area contributed by atoms with Gasteiger partial charge in [0.25, 0.3) is 0 Å². The Bertz CT molecular complexity index is 344. The van der Waals surface area contributed by atoms with Gasteiger partial charge in [-0.05, 0) is 6.92 Å². The van der Waals surface area contributed by atoms with E-state index < -0.39 is 0 Å². The monoisotopic (exact) mass is 209 g/mol. The van der Waals surface area contributed by atoms with E-state index in [0.29, 0.717) is 12.6 Å². The van der Waals surface area contributed by atoms with Crippen molar-refractivity contribution in [1.29, 1.82) is 0 Å². The molecule has 0 unspecified atom stereocenters. The van der Waals surface area contributed by atoms with Gasteiger partial charge in [0.05, 0.1) is 12.2 Å². The van der Waals surface area contributed by atoms with Crippen molar-refractivity contribution in [2.45, 2.75) is 13.0 Å². The van der Waals surface area contributed by atoms with Crippen LogP contribution in [0.1, 0.15) is 13.0 Å². The summed E-state index contributed by atoms with van der Waals surface area (Å²) in [5.41, 5.74) is 0. The number of amides is 2. The first-order valence-corrected chi connectivity index (χ1v) is 5.10. The van der Waals surface area contributed by atoms with Gasteiger partial charge in [0.2, 0.25) is 0 Å². The molecule has 0 aliphatic carbocycles. The Morgan fingerprint density at radius 2 is 2.53 bits per heavy atom. The number of urea groups is 1. The van der Waals surface area contributed by atoms with E-state index in [0.717, 1.165) is 18.9 Å². The molecule has 2 heterocycles. The van der Waals surface area contributed by atoms with Crippen molar-refractivity contribution in [1.82, 2.24) is 20.4 Å². The quantitative estimate of drug-likeness (QED) is 0.664. The molecule has 1 saturated heterocycles. The molecular formula is C9H15N5O. The van der Waals surface area contributed by atoms with Crippen molar-refractivity contribution in [2.24, 2.45) is 0 Å². The number of hydrogen-bond acceptors (Lipinski definition) is 3. The van der Waals surface area contributed by atoms with Crippen LogP contribution in [0.2, 0.25) is 0 Å². The third-order valence-corrected chi connectivity index (χ3v) is 2.36. The highest BCUT2D eigenvalue weighted by Crippen LogP contribution is 2.16. The summed E-state index contributed by atoms with van der Waals surface area (Å²) in [6.07, 6.45) is 1.69. The Kier molecular flexibility index (Phi) is 2.86. The Hall–Kier alpha value is -1.56. The number of carbonyl (C=O) groups is 1. The molecular weight excluding hydrogens is 194 g/mol. The summed E-state index contributed by atoms with van der Waals surface area (Å²) < 4.78 is 1.84. The minimum absolute atomic E-state index is 0.188. The Labute approximate surface area is 88.0 Å². The molecule has 1 aliphatic rings. The lowest BCUT2D eigenvalue weighted by Gasteiger charge is -2.28. The van der Waals surface area contributed by atoms with E-state index in [-0.39, 0.29) is 6.03 Å². The molecule has 3 N–H and O–H groups in total. The van der Waals surface area contributed by atoms with Crippen LogP contribution in [0.15, 0.2) is 12.3 Å². The highest BCUT2D eigenvalue weighted by molar-refractivity contribution is 5.88. The van der Waals surface area contributed by atoms with Crippen molar-refractivity contribution < 1.29 is 4.79 Å². The van der Waals surface area contributed by atoms with Gasteiger partial charge < -0.3 is 10.6 Å². The second-order valence-electron chi connectivity index (χ2n) is 3.46. The predicted octanol–water partition coefficient (Wildman–Crippen LogP) is 0.169. The predicted molar refractivity (Wildman–Crippen MR) is 56.8 cm³/mol. The number of carbonyl (C=O) groups excluding carboxylic acids is 1. The SMILES string of the molecule is CCNC(=O)Nc1ccnn1C1CNC1. The average molecular weight is 209 g/mol. The fraction of sp³-hybridized carbons (Fsp3) is 0.556. The average Bonchev–Trinajstić information content (AvgIpc) is 2.51. The molecule has 2 amide bonds. The molecule has 0 saturated carbocycles. The zero-order valence-corrected chi connectivity index (χ0v) is 8.66. The van der Waals surface area contributed by atoms with E-state index in [4.69, 9.17) is 0 Å². The first-order valence-electron chi connectivity index (χ1n) is 5.10. The molecule has 1 aromatic rings. The van der Waals surface area contributed by atoms with Crippen molar-refractivity contribution >= 4 is 11.8 Å². The molecule has 0 atom stereocenters. The van der Waals surface area contributed by atoms with Crippen LogP contribution in [0.4, 0.5) is 10.6 Å². The van der Waals surface area contributed by atoms with E-state index in [1.165, 1.54) is 0 Å². The molecule has 0 aromatic carbocycles. The van der Waals surface area contributed by atoms with E-state index >= 15 is 0 Å². The molecule has 2 rings (SSSR count). The van der Waals surface area contributed by atoms with Crippen LogP contribution in [0.25, 0.3) is 0 Å². The number of nitrogens with one attached hydrogen (secondary N) is 3. The van der Waals surface area contributed by atoms with Crippen molar-refractivity contribution in [3.8, 4) is 0 Å². The van der Waals surface area contributed by atoms with Crippen LogP contribution in [-0.2, 0) is 0 Å². The Morgan fingerprint density at radius 1 is 1.73 bits per heavy atom. The van der Waals surface area contributed by atoms with Crippen LogP contribution >= 0.6 is 0 Å². The normalized spacial score (nSPS) is 15.8. The fourth-order valence-electron chi connectivity index (χ4n) is 1.47. The number of hydrogen-bond donors (Lipinski definition) is 3. The lowest BCUT2D eigenvalue weighted by Crippen LogP contribution is -2.44. The smallest absolute Gasteiger partial charge is 0.320 e. The van der Waals surface area contributed by atoms with Crippen molar-refractivity contribution in [3.05, 3.63) is 12.3 Å². The third-order valence-electron chi connectivity index (χ3n) is 2.36. The molecule has 1 aromatic heterocycles. The van der Waals surface area contributed by atoms with Gasteiger partial charge in [0.1, 0.15) is 5.82 Å². The zero-order chi connectivity index (χ0) is 10.7. The van der Waals surface area contributed by atoms with Crippen LogP contribution in [-0.4, -0.2) is 35.4 Å². The molecule has 6 heteroatoms. The van der Waals surface area contributed by atoms with E-state index in [1.807, 2.05) is 11.6 Å². The van der Waals surface area contributed by atoms with E-state index in [1.54, 1.807) is 12.3 Å². The Morgan fingerprint density at radius 3 is 3.13 bits per heavy atom. The zero-order valence-electron chi connectivity index (χ0n) is 8.66. The van der Waals surface area contributed by atoms with Gasteiger partial charge in [-0.15, -0.1) is 0 Å². The standard InChI is InChI=1S/C9H15N5O/c1-2-11-9(15)13-8-3-4-12-14(8)7-5-10-6-7/h3-4,7,10H,2,5-6H2,1H3,(H2,11,13,15). The number of anilines is 1. The highest BCUT2D eigenvalue weighted by Gasteiger charge is 2.21. The van der Waals surface area contributed by atoms with Gasteiger partial charge in [-0.1, -0.05) is 0 Å². The van der Waals surface area contributed by atoms with Crippen LogP contribution in [0.5, 0.6) is 0 Å². The molecule has 82 valence electrons. The summed E-state index contributed by atoms with van der Waals surface area (Å²) in [7, 11) is 0. The second-order valence-corrected chi connectivity index (χ2v) is 3.46. The van der Waals surface area contributed by atoms with Gasteiger partial charge in [0.15, 0.2) is 0 Å². The number of aromatic nitrogens is 2. The Balaban J connectivity index is 2.01. The lowest BCUT2D eigenvalue weighted by atomic mass is 10.2. The maximum Gasteiger partial charge on any atom is 0.320 e. The molecule has 0 bridgehead atoms. The summed E-state index contributed by atoms with van der Waals surface area (Å²) >= 11 is 0. The summed E-state index contributed by atoms with van der Waals surface area (Å²) in [4.78, 5) is 11.3. The van der Waals surface area contributed by atoms with E-state index in [9.17, 15) is 4.79 Å². The minimum atomic E-state index is -0.188. The molecule has 0 radical (unpaired) electrons. The summed E-state index contributed by atoms with van der Waals surface area (Å²) in [6, 6.07) is 1.97. The summed E-state index contributed by atoms with van der Waals surface area (Å²) in [5, 5.41) is 12.8. The van der Waals surface area contributed by atoms with E-state index in [2.05, 4.69) is 21.0 Å². The van der Waals surface area contributed by atoms with Gasteiger partial charge in [-0.2, -0.15) is 5.10 Å². The van der Waals surface area contributed by atoms with Gasteiger partial charge >= 0.3 is 6.03 Å². The topological polar surface area (TPSA) is 71.0 Å². The maximum absolute atomic E-state index is 11.3. The molecule has 0 spiro atoms. The largest absolute Gasteiger partial charge is 0.338 e. The first kappa shape index (κ1) is 9.97. The third kappa shape index (κ3) is 2.10. The van der Waals surface area contributed by atoms with Crippen LogP contribution in [0, 0.1) is 0 Å². The molecule has 15 heavy (non-hydrogen) atoms. The van der Waals surface area contributed by atoms with Gasteiger partial charge in [-0.3, -0.25) is 5.32 Å². The van der Waals surface area contributed by atoms with Crippen LogP contribution in [0.3, 0.4) is 0 Å². The number of rotatable bonds is 3. The van der Waals surface area contributed by atoms with Gasteiger partial charge in [0, 0.05) is 25.7 Å². The molecule has 1 fully saturated rings. The molecule has 6 nitrogen and oxygen atoms in total. The van der Waals surface area contributed by atoms with Gasteiger partial charge in [-0.25, -0.2) is 9.48 Å². The minimum Gasteiger partial charge on any atom is -0.338 e. The highest BCUT2D eigenvalue weighted by atomic mass is 16.2. The number of nitrogens with zero attached hydrogens (tertiary/aromatic N) is 2. The van der Waals surface area contributed by atoms with Crippen molar-refractivity contribution in [3.63, 3.8) is 0 Å². The fourth-order valence-corrected chi connectivity index (χ4v) is 1.47. The summed E-state index contributed by atoms with van der Waals surface area (Å²) in [5.74, 6) is 0.743. The molecule has 1 aliphatic heterocycles. The lowest BCUT2D eigenvalue weighted by molar-refractivity contribution is 0.252. The maximum atomic E-state index is 11.3. The second kappa shape index (κ2) is 4.31. The van der Waals surface area contributed by atoms with Crippen molar-refractivity contribution in [2.75, 3.05) is 25.0 Å². The van der Waals surface area contributed by atoms with Crippen LogP contribution < -0.4 is 16.0 Å². The first-order chi connectivity index (χ1) is 7.31.